The predicted molar refractivity (Wildman–Crippen MR) is 111 cm³/mol. The molecule has 0 fully saturated rings. The van der Waals surface area contributed by atoms with Gasteiger partial charge < -0.3 is 9.47 Å². The van der Waals surface area contributed by atoms with E-state index in [4.69, 9.17) is 14.5 Å². The van der Waals surface area contributed by atoms with Crippen LogP contribution in [0, 0.1) is 0 Å². The minimum atomic E-state index is -0.468. The molecule has 0 saturated carbocycles. The van der Waals surface area contributed by atoms with E-state index >= 15 is 0 Å². The van der Waals surface area contributed by atoms with Crippen LogP contribution >= 0.6 is 0 Å². The first-order valence-electron chi connectivity index (χ1n) is 9.93. The summed E-state index contributed by atoms with van der Waals surface area (Å²) in [5, 5.41) is 0.780. The van der Waals surface area contributed by atoms with Crippen LogP contribution in [0.3, 0.4) is 0 Å². The summed E-state index contributed by atoms with van der Waals surface area (Å²) in [6.07, 6.45) is 4.87. The maximum absolute atomic E-state index is 13.1. The van der Waals surface area contributed by atoms with Crippen molar-refractivity contribution in [2.45, 2.75) is 32.1 Å². The Hall–Kier alpha value is -3.21. The average Bonchev–Trinajstić information content (AvgIpc) is 3.00. The van der Waals surface area contributed by atoms with Gasteiger partial charge in [0.15, 0.2) is 6.61 Å². The molecule has 148 valence electrons. The van der Waals surface area contributed by atoms with Crippen molar-refractivity contribution >= 4 is 22.7 Å². The van der Waals surface area contributed by atoms with E-state index in [0.717, 1.165) is 54.3 Å². The van der Waals surface area contributed by atoms with Crippen molar-refractivity contribution in [1.82, 2.24) is 4.98 Å². The van der Waals surface area contributed by atoms with Crippen LogP contribution in [0.25, 0.3) is 10.9 Å². The molecular weight excluding hydrogens is 366 g/mol. The number of pyridine rings is 1. The fourth-order valence-electron chi connectivity index (χ4n) is 3.94. The number of nitrogens with zero attached hydrogens (tertiary/aromatic N) is 1. The lowest BCUT2D eigenvalue weighted by atomic mass is 9.97. The number of ether oxygens (including phenoxy) is 2. The molecule has 5 nitrogen and oxygen atoms in total. The van der Waals surface area contributed by atoms with Gasteiger partial charge in [0.2, 0.25) is 5.78 Å². The number of carbonyl (C=O) groups is 2. The summed E-state index contributed by atoms with van der Waals surface area (Å²) in [7, 11) is 1.51. The van der Waals surface area contributed by atoms with Crippen molar-refractivity contribution < 1.29 is 19.1 Å². The van der Waals surface area contributed by atoms with Crippen LogP contribution in [-0.2, 0) is 17.6 Å². The van der Waals surface area contributed by atoms with Gasteiger partial charge in [0.25, 0.3) is 0 Å². The molecule has 2 aromatic carbocycles. The van der Waals surface area contributed by atoms with E-state index in [0.29, 0.717) is 16.9 Å². The Labute approximate surface area is 169 Å². The van der Waals surface area contributed by atoms with Gasteiger partial charge in [-0.15, -0.1) is 0 Å². The Balaban J connectivity index is 1.65. The number of benzene rings is 2. The van der Waals surface area contributed by atoms with Gasteiger partial charge in [0.1, 0.15) is 5.75 Å². The van der Waals surface area contributed by atoms with E-state index in [2.05, 4.69) is 0 Å². The standard InChI is InChI=1S/C24H23NO4/c1-28-22-14-8-6-11-18(22)21(26)15-29-24(27)23-16-9-3-2-4-12-19(16)25-20-13-7-5-10-17(20)23/h5-8,10-11,13-14H,2-4,9,12,15H2,1H3. The number of carbonyl (C=O) groups excluding carboxylic acids is 2. The summed E-state index contributed by atoms with van der Waals surface area (Å²) < 4.78 is 10.7. The second kappa shape index (κ2) is 8.43. The van der Waals surface area contributed by atoms with Crippen LogP contribution in [0.4, 0.5) is 0 Å². The molecule has 1 aromatic heterocycles. The summed E-state index contributed by atoms with van der Waals surface area (Å²) in [5.74, 6) is -0.290. The van der Waals surface area contributed by atoms with Crippen molar-refractivity contribution in [2.75, 3.05) is 13.7 Å². The first-order chi connectivity index (χ1) is 14.2. The lowest BCUT2D eigenvalue weighted by Gasteiger charge is -2.15. The molecule has 0 atom stereocenters. The fourth-order valence-corrected chi connectivity index (χ4v) is 3.94. The van der Waals surface area contributed by atoms with E-state index in [1.807, 2.05) is 24.3 Å². The van der Waals surface area contributed by atoms with Gasteiger partial charge >= 0.3 is 5.97 Å². The minimum absolute atomic E-state index is 0.291. The number of ketones is 1. The molecule has 1 aliphatic carbocycles. The number of hydrogen-bond acceptors (Lipinski definition) is 5. The molecule has 1 aliphatic rings. The number of aryl methyl sites for hydroxylation is 1. The lowest BCUT2D eigenvalue weighted by molar-refractivity contribution is 0.0474. The summed E-state index contributed by atoms with van der Waals surface area (Å²) in [5.41, 5.74) is 3.69. The molecule has 29 heavy (non-hydrogen) atoms. The molecule has 0 N–H and O–H groups in total. The Morgan fingerprint density at radius 1 is 0.966 bits per heavy atom. The first kappa shape index (κ1) is 19.1. The molecular formula is C24H23NO4. The molecule has 0 spiro atoms. The number of methoxy groups -OCH3 is 1. The zero-order valence-electron chi connectivity index (χ0n) is 16.4. The van der Waals surface area contributed by atoms with Crippen molar-refractivity contribution in [1.29, 1.82) is 0 Å². The number of para-hydroxylation sites is 2. The second-order valence-corrected chi connectivity index (χ2v) is 7.19. The van der Waals surface area contributed by atoms with Crippen LogP contribution in [0.2, 0.25) is 0 Å². The number of esters is 1. The van der Waals surface area contributed by atoms with Gasteiger partial charge in [-0.05, 0) is 49.4 Å². The predicted octanol–water partition coefficient (Wildman–Crippen LogP) is 4.55. The summed E-state index contributed by atoms with van der Waals surface area (Å²) in [6, 6.07) is 14.5. The Bertz CT molecular complexity index is 1070. The second-order valence-electron chi connectivity index (χ2n) is 7.19. The zero-order valence-corrected chi connectivity index (χ0v) is 16.4. The molecule has 4 rings (SSSR count). The zero-order chi connectivity index (χ0) is 20.2. The number of rotatable bonds is 5. The molecule has 0 bridgehead atoms. The van der Waals surface area contributed by atoms with Crippen LogP contribution < -0.4 is 4.74 Å². The van der Waals surface area contributed by atoms with Gasteiger partial charge in [0.05, 0.1) is 23.8 Å². The number of hydrogen-bond donors (Lipinski definition) is 0. The van der Waals surface area contributed by atoms with Crippen LogP contribution in [0.15, 0.2) is 48.5 Å². The third-order valence-electron chi connectivity index (χ3n) is 5.37. The summed E-state index contributed by atoms with van der Waals surface area (Å²) in [4.78, 5) is 30.5. The Morgan fingerprint density at radius 3 is 2.59 bits per heavy atom. The van der Waals surface area contributed by atoms with Crippen molar-refractivity contribution in [3.8, 4) is 5.75 Å². The smallest absolute Gasteiger partial charge is 0.339 e. The number of fused-ring (bicyclic) bond motifs is 2. The molecule has 1 heterocycles. The molecule has 0 saturated heterocycles. The molecule has 0 unspecified atom stereocenters. The van der Waals surface area contributed by atoms with Crippen molar-refractivity contribution in [3.05, 3.63) is 70.9 Å². The fraction of sp³-hybridized carbons (Fsp3) is 0.292. The summed E-state index contributed by atoms with van der Waals surface area (Å²) >= 11 is 0. The van der Waals surface area contributed by atoms with E-state index in [-0.39, 0.29) is 12.4 Å². The highest BCUT2D eigenvalue weighted by Crippen LogP contribution is 2.29. The van der Waals surface area contributed by atoms with Crippen LogP contribution in [0.1, 0.15) is 51.2 Å². The first-order valence-corrected chi connectivity index (χ1v) is 9.93. The van der Waals surface area contributed by atoms with Crippen LogP contribution in [-0.4, -0.2) is 30.5 Å². The molecule has 3 aromatic rings. The molecule has 5 heteroatoms. The molecule has 0 aliphatic heterocycles. The van der Waals surface area contributed by atoms with E-state index < -0.39 is 5.97 Å². The monoisotopic (exact) mass is 389 g/mol. The maximum Gasteiger partial charge on any atom is 0.339 e. The highest BCUT2D eigenvalue weighted by Gasteiger charge is 2.24. The topological polar surface area (TPSA) is 65.5 Å². The number of aromatic nitrogens is 1. The maximum atomic E-state index is 13.1. The largest absolute Gasteiger partial charge is 0.496 e. The van der Waals surface area contributed by atoms with Gasteiger partial charge in [0, 0.05) is 11.1 Å². The third-order valence-corrected chi connectivity index (χ3v) is 5.37. The minimum Gasteiger partial charge on any atom is -0.496 e. The molecule has 0 radical (unpaired) electrons. The van der Waals surface area contributed by atoms with E-state index in [9.17, 15) is 9.59 Å². The van der Waals surface area contributed by atoms with Gasteiger partial charge in [-0.1, -0.05) is 36.8 Å². The summed E-state index contributed by atoms with van der Waals surface area (Å²) in [6.45, 7) is -0.329. The highest BCUT2D eigenvalue weighted by molar-refractivity contribution is 6.07. The quantitative estimate of drug-likeness (QED) is 0.364. The SMILES string of the molecule is COc1ccccc1C(=O)COC(=O)c1c2c(nc3ccccc13)CCCCC2. The van der Waals surface area contributed by atoms with Gasteiger partial charge in [-0.25, -0.2) is 4.79 Å². The lowest BCUT2D eigenvalue weighted by Crippen LogP contribution is -2.17. The third kappa shape index (κ3) is 3.86. The molecule has 0 amide bonds. The van der Waals surface area contributed by atoms with Crippen molar-refractivity contribution in [3.63, 3.8) is 0 Å². The van der Waals surface area contributed by atoms with Crippen molar-refractivity contribution in [2.24, 2.45) is 0 Å². The average molecular weight is 389 g/mol. The Kier molecular flexibility index (Phi) is 5.56. The normalized spacial score (nSPS) is 13.4. The van der Waals surface area contributed by atoms with Gasteiger partial charge in [-0.2, -0.15) is 0 Å². The van der Waals surface area contributed by atoms with E-state index in [1.165, 1.54) is 7.11 Å². The van der Waals surface area contributed by atoms with Crippen LogP contribution in [0.5, 0.6) is 5.75 Å². The van der Waals surface area contributed by atoms with E-state index in [1.54, 1.807) is 24.3 Å². The van der Waals surface area contributed by atoms with Gasteiger partial charge in [-0.3, -0.25) is 9.78 Å². The highest BCUT2D eigenvalue weighted by atomic mass is 16.5. The Morgan fingerprint density at radius 2 is 1.72 bits per heavy atom. The number of Topliss-reactive ketones (excluding diaryl/α,β-unsaturated/α-hetero) is 1.